The maximum atomic E-state index is 11.9. The minimum absolute atomic E-state index is 0.0761. The van der Waals surface area contributed by atoms with Crippen molar-refractivity contribution in [2.75, 3.05) is 5.32 Å². The minimum Gasteiger partial charge on any atom is -0.378 e. The van der Waals surface area contributed by atoms with Crippen LogP contribution in [0.4, 0.5) is 5.69 Å². The van der Waals surface area contributed by atoms with E-state index in [2.05, 4.69) is 31.2 Å². The Labute approximate surface area is 128 Å². The minimum atomic E-state index is -0.0761. The van der Waals surface area contributed by atoms with Gasteiger partial charge in [-0.2, -0.15) is 0 Å². The number of thiophene rings is 1. The van der Waals surface area contributed by atoms with Gasteiger partial charge in [-0.1, -0.05) is 22.0 Å². The van der Waals surface area contributed by atoms with Gasteiger partial charge in [-0.15, -0.1) is 11.3 Å². The fourth-order valence-corrected chi connectivity index (χ4v) is 3.07. The van der Waals surface area contributed by atoms with Crippen LogP contribution in [0.1, 0.15) is 11.4 Å². The van der Waals surface area contributed by atoms with Crippen molar-refractivity contribution in [1.29, 1.82) is 0 Å². The van der Waals surface area contributed by atoms with E-state index in [1.54, 1.807) is 0 Å². The lowest BCUT2D eigenvalue weighted by atomic mass is 10.2. The summed E-state index contributed by atoms with van der Waals surface area (Å²) in [6.07, 6.45) is 0. The Morgan fingerprint density at radius 1 is 1.40 bits per heavy atom. The van der Waals surface area contributed by atoms with Crippen LogP contribution in [0.2, 0.25) is 0 Å². The van der Waals surface area contributed by atoms with Crippen molar-refractivity contribution < 1.29 is 0 Å². The molecule has 6 heteroatoms. The monoisotopic (exact) mass is 349 g/mol. The molecule has 0 aliphatic carbocycles. The number of H-pyrrole nitrogens is 1. The second kappa shape index (κ2) is 5.38. The van der Waals surface area contributed by atoms with Crippen molar-refractivity contribution in [3.8, 4) is 0 Å². The van der Waals surface area contributed by atoms with Crippen molar-refractivity contribution in [3.63, 3.8) is 0 Å². The van der Waals surface area contributed by atoms with E-state index < -0.39 is 0 Å². The van der Waals surface area contributed by atoms with Crippen LogP contribution in [-0.4, -0.2) is 9.97 Å². The van der Waals surface area contributed by atoms with Gasteiger partial charge in [-0.3, -0.25) is 4.79 Å². The van der Waals surface area contributed by atoms with Gasteiger partial charge in [0, 0.05) is 10.2 Å². The third-order valence-electron chi connectivity index (χ3n) is 3.08. The molecular formula is C14H12BrN3OS. The third-order valence-corrected chi connectivity index (χ3v) is 4.84. The average molecular weight is 350 g/mol. The van der Waals surface area contributed by atoms with Gasteiger partial charge in [-0.25, -0.2) is 4.98 Å². The van der Waals surface area contributed by atoms with Gasteiger partial charge in [0.15, 0.2) is 0 Å². The van der Waals surface area contributed by atoms with Crippen molar-refractivity contribution in [1.82, 2.24) is 9.97 Å². The van der Waals surface area contributed by atoms with Gasteiger partial charge in [0.2, 0.25) is 0 Å². The van der Waals surface area contributed by atoms with E-state index in [0.29, 0.717) is 17.1 Å². The van der Waals surface area contributed by atoms with Crippen LogP contribution < -0.4 is 10.9 Å². The third kappa shape index (κ3) is 2.48. The van der Waals surface area contributed by atoms with Crippen LogP contribution in [0.25, 0.3) is 10.2 Å². The first-order chi connectivity index (χ1) is 9.65. The van der Waals surface area contributed by atoms with Crippen LogP contribution in [0, 0.1) is 6.92 Å². The lowest BCUT2D eigenvalue weighted by molar-refractivity contribution is 0.954. The van der Waals surface area contributed by atoms with Crippen molar-refractivity contribution in [3.05, 3.63) is 55.9 Å². The highest BCUT2D eigenvalue weighted by atomic mass is 79.9. The maximum Gasteiger partial charge on any atom is 0.268 e. The number of fused-ring (bicyclic) bond motifs is 1. The zero-order chi connectivity index (χ0) is 14.1. The van der Waals surface area contributed by atoms with Crippen LogP contribution in [-0.2, 0) is 6.54 Å². The predicted octanol–water partition coefficient (Wildman–Crippen LogP) is 3.67. The van der Waals surface area contributed by atoms with Gasteiger partial charge < -0.3 is 10.3 Å². The summed E-state index contributed by atoms with van der Waals surface area (Å²) < 4.78 is 1.73. The summed E-state index contributed by atoms with van der Waals surface area (Å²) in [5, 5.41) is 5.17. The Kier molecular flexibility index (Phi) is 3.58. The molecule has 3 aromatic rings. The second-order valence-electron chi connectivity index (χ2n) is 4.41. The number of aromatic amines is 1. The highest BCUT2D eigenvalue weighted by Crippen LogP contribution is 2.23. The van der Waals surface area contributed by atoms with E-state index in [1.165, 1.54) is 11.3 Å². The lowest BCUT2D eigenvalue weighted by Gasteiger charge is -2.10. The lowest BCUT2D eigenvalue weighted by Crippen LogP contribution is -2.13. The molecule has 0 saturated carbocycles. The molecule has 0 saturated heterocycles. The van der Waals surface area contributed by atoms with Crippen molar-refractivity contribution in [2.24, 2.45) is 0 Å². The molecule has 0 aliphatic heterocycles. The smallest absolute Gasteiger partial charge is 0.268 e. The standard InChI is InChI=1S/C14H12BrN3OS/c1-8-9(15)3-2-4-10(8)16-7-12-17-11-5-6-20-13(11)14(19)18-12/h2-6,16H,7H2,1H3,(H,17,18,19). The Balaban J connectivity index is 1.86. The Morgan fingerprint density at radius 2 is 2.25 bits per heavy atom. The number of aromatic nitrogens is 2. The van der Waals surface area contributed by atoms with Crippen LogP contribution in [0.5, 0.6) is 0 Å². The molecule has 0 unspecified atom stereocenters. The fraction of sp³-hybridized carbons (Fsp3) is 0.143. The summed E-state index contributed by atoms with van der Waals surface area (Å²) in [7, 11) is 0. The molecule has 0 atom stereocenters. The summed E-state index contributed by atoms with van der Waals surface area (Å²) >= 11 is 4.91. The number of benzene rings is 1. The second-order valence-corrected chi connectivity index (χ2v) is 6.18. The summed E-state index contributed by atoms with van der Waals surface area (Å²) in [4.78, 5) is 19.1. The molecule has 0 radical (unpaired) electrons. The molecule has 20 heavy (non-hydrogen) atoms. The molecule has 4 nitrogen and oxygen atoms in total. The van der Waals surface area contributed by atoms with Crippen LogP contribution >= 0.6 is 27.3 Å². The first kappa shape index (κ1) is 13.3. The summed E-state index contributed by atoms with van der Waals surface area (Å²) in [6.45, 7) is 2.52. The molecule has 0 amide bonds. The Morgan fingerprint density at radius 3 is 3.10 bits per heavy atom. The topological polar surface area (TPSA) is 57.8 Å². The maximum absolute atomic E-state index is 11.9. The Hall–Kier alpha value is -1.66. The molecular weight excluding hydrogens is 338 g/mol. The van der Waals surface area contributed by atoms with E-state index in [9.17, 15) is 4.79 Å². The molecule has 2 N–H and O–H groups in total. The molecule has 3 rings (SSSR count). The molecule has 0 aliphatic rings. The number of halogens is 1. The van der Waals surface area contributed by atoms with Crippen molar-refractivity contribution in [2.45, 2.75) is 13.5 Å². The van der Waals surface area contributed by atoms with Gasteiger partial charge in [0.05, 0.1) is 12.1 Å². The summed E-state index contributed by atoms with van der Waals surface area (Å²) in [6, 6.07) is 7.83. The van der Waals surface area contributed by atoms with Gasteiger partial charge in [-0.05, 0) is 36.1 Å². The van der Waals surface area contributed by atoms with Gasteiger partial charge in [0.1, 0.15) is 10.5 Å². The largest absolute Gasteiger partial charge is 0.378 e. The summed E-state index contributed by atoms with van der Waals surface area (Å²) in [5.41, 5.74) is 2.83. The molecule has 102 valence electrons. The Bertz CT molecular complexity index is 825. The van der Waals surface area contributed by atoms with E-state index in [1.807, 2.05) is 36.6 Å². The van der Waals surface area contributed by atoms with Gasteiger partial charge in [0.25, 0.3) is 5.56 Å². The average Bonchev–Trinajstić information content (AvgIpc) is 2.89. The first-order valence-corrected chi connectivity index (χ1v) is 7.78. The first-order valence-electron chi connectivity index (χ1n) is 6.10. The highest BCUT2D eigenvalue weighted by Gasteiger charge is 2.06. The molecule has 0 fully saturated rings. The summed E-state index contributed by atoms with van der Waals surface area (Å²) in [5.74, 6) is 0.639. The quantitative estimate of drug-likeness (QED) is 0.758. The molecule has 0 bridgehead atoms. The zero-order valence-electron chi connectivity index (χ0n) is 10.7. The number of nitrogens with zero attached hydrogens (tertiary/aromatic N) is 1. The van der Waals surface area contributed by atoms with E-state index >= 15 is 0 Å². The van der Waals surface area contributed by atoms with Crippen molar-refractivity contribution >= 4 is 43.2 Å². The fourth-order valence-electron chi connectivity index (χ4n) is 1.98. The van der Waals surface area contributed by atoms with E-state index in [-0.39, 0.29) is 5.56 Å². The molecule has 2 heterocycles. The van der Waals surface area contributed by atoms with E-state index in [4.69, 9.17) is 0 Å². The number of nitrogens with one attached hydrogen (secondary N) is 2. The number of hydrogen-bond donors (Lipinski definition) is 2. The highest BCUT2D eigenvalue weighted by molar-refractivity contribution is 9.10. The number of anilines is 1. The molecule has 0 spiro atoms. The van der Waals surface area contributed by atoms with Gasteiger partial charge >= 0.3 is 0 Å². The number of rotatable bonds is 3. The molecule has 2 aromatic heterocycles. The SMILES string of the molecule is Cc1c(Br)cccc1NCc1nc2ccsc2c(=O)[nH]1. The predicted molar refractivity (Wildman–Crippen MR) is 86.4 cm³/mol. The normalized spacial score (nSPS) is 10.9. The number of hydrogen-bond acceptors (Lipinski definition) is 4. The van der Waals surface area contributed by atoms with Crippen LogP contribution in [0.15, 0.2) is 38.9 Å². The van der Waals surface area contributed by atoms with E-state index in [0.717, 1.165) is 21.2 Å². The van der Waals surface area contributed by atoms with Crippen LogP contribution in [0.3, 0.4) is 0 Å². The zero-order valence-corrected chi connectivity index (χ0v) is 13.1. The molecule has 1 aromatic carbocycles.